The number of rotatable bonds is 6. The third-order valence-electron chi connectivity index (χ3n) is 4.20. The maximum atomic E-state index is 12.6. The lowest BCUT2D eigenvalue weighted by atomic mass is 9.90. The molecule has 1 amide bonds. The molecule has 2 rings (SSSR count). The van der Waals surface area contributed by atoms with Gasteiger partial charge < -0.3 is 10.0 Å². The molecule has 1 aliphatic rings. The van der Waals surface area contributed by atoms with E-state index < -0.39 is 11.9 Å². The predicted octanol–water partition coefficient (Wildman–Crippen LogP) is 3.72. The van der Waals surface area contributed by atoms with Crippen LogP contribution in [-0.2, 0) is 9.59 Å². The highest BCUT2D eigenvalue weighted by Gasteiger charge is 2.43. The summed E-state index contributed by atoms with van der Waals surface area (Å²) in [4.78, 5) is 26.7. The molecule has 23 heavy (non-hydrogen) atoms. The van der Waals surface area contributed by atoms with Gasteiger partial charge in [0.05, 0.1) is 11.6 Å². The Balaban J connectivity index is 2.52. The van der Waals surface area contributed by atoms with Crippen molar-refractivity contribution in [2.75, 3.05) is 6.54 Å². The van der Waals surface area contributed by atoms with Gasteiger partial charge in [-0.25, -0.2) is 0 Å². The van der Waals surface area contributed by atoms with Crippen molar-refractivity contribution >= 4 is 11.7 Å². The average molecular weight is 315 g/mol. The van der Waals surface area contributed by atoms with Gasteiger partial charge in [-0.2, -0.15) is 0 Å². The van der Waals surface area contributed by atoms with E-state index in [-0.39, 0.29) is 23.0 Å². The van der Waals surface area contributed by atoms with Gasteiger partial charge >= 0.3 is 0 Å². The number of nitrogens with zero attached hydrogens (tertiary/aromatic N) is 1. The van der Waals surface area contributed by atoms with Crippen molar-refractivity contribution in [3.05, 3.63) is 46.7 Å². The Morgan fingerprint density at radius 1 is 1.35 bits per heavy atom. The van der Waals surface area contributed by atoms with Gasteiger partial charge in [0.1, 0.15) is 0 Å². The molecule has 1 aromatic rings. The molecule has 1 N–H and O–H groups in total. The van der Waals surface area contributed by atoms with E-state index in [0.29, 0.717) is 6.54 Å². The van der Waals surface area contributed by atoms with Crippen LogP contribution in [0.3, 0.4) is 0 Å². The van der Waals surface area contributed by atoms with Gasteiger partial charge in [-0.3, -0.25) is 9.59 Å². The molecule has 124 valence electrons. The first-order chi connectivity index (χ1) is 10.9. The van der Waals surface area contributed by atoms with Crippen LogP contribution in [0.25, 0.3) is 0 Å². The van der Waals surface area contributed by atoms with E-state index in [1.807, 2.05) is 31.2 Å². The molecular weight excluding hydrogens is 290 g/mol. The molecule has 4 heteroatoms. The van der Waals surface area contributed by atoms with Gasteiger partial charge in [0.25, 0.3) is 5.91 Å². The number of carbonyl (C=O) groups is 2. The Hall–Kier alpha value is -2.10. The summed E-state index contributed by atoms with van der Waals surface area (Å²) in [5.74, 6) is -1.25. The van der Waals surface area contributed by atoms with Crippen LogP contribution < -0.4 is 0 Å². The third-order valence-corrected chi connectivity index (χ3v) is 4.20. The van der Waals surface area contributed by atoms with E-state index in [9.17, 15) is 14.7 Å². The van der Waals surface area contributed by atoms with E-state index in [1.54, 1.807) is 18.7 Å². The number of hydrogen-bond donors (Lipinski definition) is 1. The average Bonchev–Trinajstić information content (AvgIpc) is 2.76. The monoisotopic (exact) mass is 315 g/mol. The van der Waals surface area contributed by atoms with Gasteiger partial charge in [0.2, 0.25) is 0 Å². The zero-order valence-corrected chi connectivity index (χ0v) is 14.3. The largest absolute Gasteiger partial charge is 0.503 e. The number of benzene rings is 1. The highest BCUT2D eigenvalue weighted by atomic mass is 16.3. The van der Waals surface area contributed by atoms with E-state index in [4.69, 9.17) is 0 Å². The van der Waals surface area contributed by atoms with Crippen molar-refractivity contribution in [2.45, 2.75) is 46.6 Å². The second kappa shape index (κ2) is 6.99. The first-order valence-electron chi connectivity index (χ1n) is 8.23. The Morgan fingerprint density at radius 2 is 2.04 bits per heavy atom. The van der Waals surface area contributed by atoms with Gasteiger partial charge in [0.15, 0.2) is 11.5 Å². The zero-order chi connectivity index (χ0) is 17.1. The second-order valence-electron chi connectivity index (χ2n) is 6.45. The van der Waals surface area contributed by atoms with Gasteiger partial charge in [-0.15, -0.1) is 0 Å². The number of unbranched alkanes of at least 4 members (excludes halogenated alkanes) is 1. The molecule has 4 nitrogen and oxygen atoms in total. The van der Waals surface area contributed by atoms with Crippen LogP contribution in [-0.4, -0.2) is 28.2 Å². The highest BCUT2D eigenvalue weighted by Crippen LogP contribution is 2.39. The summed E-state index contributed by atoms with van der Waals surface area (Å²) in [6.07, 6.45) is 1.78. The molecule has 0 aromatic heterocycles. The van der Waals surface area contributed by atoms with E-state index in [0.717, 1.165) is 24.0 Å². The SMILES string of the molecule is CCCCN1C(=O)C(O)=C(C(=O)C(C)C)C1c1cccc(C)c1. The second-order valence-corrected chi connectivity index (χ2v) is 6.45. The molecule has 0 fully saturated rings. The van der Waals surface area contributed by atoms with Gasteiger partial charge in [-0.05, 0) is 18.9 Å². The maximum Gasteiger partial charge on any atom is 0.290 e. The fourth-order valence-electron chi connectivity index (χ4n) is 2.96. The number of aryl methyl sites for hydroxylation is 1. The predicted molar refractivity (Wildman–Crippen MR) is 90.0 cm³/mol. The first-order valence-corrected chi connectivity index (χ1v) is 8.23. The summed E-state index contributed by atoms with van der Waals surface area (Å²) in [5, 5.41) is 10.3. The summed E-state index contributed by atoms with van der Waals surface area (Å²) in [5.41, 5.74) is 2.18. The fraction of sp³-hybridized carbons (Fsp3) is 0.474. The molecule has 0 spiro atoms. The van der Waals surface area contributed by atoms with Gasteiger partial charge in [0, 0.05) is 12.5 Å². The molecule has 0 saturated carbocycles. The number of hydrogen-bond acceptors (Lipinski definition) is 3. The lowest BCUT2D eigenvalue weighted by molar-refractivity contribution is -0.129. The van der Waals surface area contributed by atoms with E-state index in [2.05, 4.69) is 6.92 Å². The molecule has 0 radical (unpaired) electrons. The Morgan fingerprint density at radius 3 is 2.61 bits per heavy atom. The summed E-state index contributed by atoms with van der Waals surface area (Å²) in [7, 11) is 0. The van der Waals surface area contributed by atoms with Crippen LogP contribution in [0, 0.1) is 12.8 Å². The van der Waals surface area contributed by atoms with Crippen molar-refractivity contribution in [2.24, 2.45) is 5.92 Å². The normalized spacial score (nSPS) is 18.2. The Kier molecular flexibility index (Phi) is 5.24. The fourth-order valence-corrected chi connectivity index (χ4v) is 2.96. The molecule has 1 heterocycles. The summed E-state index contributed by atoms with van der Waals surface area (Å²) in [6.45, 7) is 8.14. The van der Waals surface area contributed by atoms with Crippen molar-refractivity contribution in [1.29, 1.82) is 0 Å². The summed E-state index contributed by atoms with van der Waals surface area (Å²) in [6, 6.07) is 7.30. The molecule has 1 aromatic carbocycles. The van der Waals surface area contributed by atoms with E-state index in [1.165, 1.54) is 0 Å². The van der Waals surface area contributed by atoms with Crippen LogP contribution >= 0.6 is 0 Å². The van der Waals surface area contributed by atoms with Crippen LogP contribution in [0.5, 0.6) is 0 Å². The quantitative estimate of drug-likeness (QED) is 0.870. The molecule has 1 atom stereocenters. The smallest absolute Gasteiger partial charge is 0.290 e. The summed E-state index contributed by atoms with van der Waals surface area (Å²) < 4.78 is 0. The van der Waals surface area contributed by atoms with Crippen LogP contribution in [0.4, 0.5) is 0 Å². The standard InChI is InChI=1S/C19H25NO3/c1-5-6-10-20-16(14-9-7-8-13(4)11-14)15(17(21)12(2)3)18(22)19(20)23/h7-9,11-12,16,22H,5-6,10H2,1-4H3. The molecule has 1 unspecified atom stereocenters. The number of amides is 1. The first kappa shape index (κ1) is 17.3. The van der Waals surface area contributed by atoms with Crippen molar-refractivity contribution < 1.29 is 14.7 Å². The third kappa shape index (κ3) is 3.31. The zero-order valence-electron chi connectivity index (χ0n) is 14.3. The molecule has 1 aliphatic heterocycles. The Labute approximate surface area is 137 Å². The number of aliphatic hydroxyl groups is 1. The minimum atomic E-state index is -0.483. The minimum absolute atomic E-state index is 0.165. The lowest BCUT2D eigenvalue weighted by Gasteiger charge is -2.27. The Bertz CT molecular complexity index is 646. The van der Waals surface area contributed by atoms with Gasteiger partial charge in [-0.1, -0.05) is 57.0 Å². The number of carbonyl (C=O) groups excluding carboxylic acids is 2. The minimum Gasteiger partial charge on any atom is -0.503 e. The van der Waals surface area contributed by atoms with Crippen LogP contribution in [0.2, 0.25) is 0 Å². The molecule has 0 aliphatic carbocycles. The van der Waals surface area contributed by atoms with Crippen molar-refractivity contribution in [1.82, 2.24) is 4.90 Å². The number of aliphatic hydroxyl groups excluding tert-OH is 1. The molecule has 0 bridgehead atoms. The maximum absolute atomic E-state index is 12.6. The van der Waals surface area contributed by atoms with Crippen molar-refractivity contribution in [3.63, 3.8) is 0 Å². The van der Waals surface area contributed by atoms with Crippen LogP contribution in [0.15, 0.2) is 35.6 Å². The molecular formula is C19H25NO3. The van der Waals surface area contributed by atoms with Crippen molar-refractivity contribution in [3.8, 4) is 0 Å². The van der Waals surface area contributed by atoms with Crippen LogP contribution in [0.1, 0.15) is 50.8 Å². The number of Topliss-reactive ketones (excluding diaryl/α,β-unsaturated/α-hetero) is 1. The highest BCUT2D eigenvalue weighted by molar-refractivity contribution is 6.09. The lowest BCUT2D eigenvalue weighted by Crippen LogP contribution is -2.32. The number of ketones is 1. The van der Waals surface area contributed by atoms with E-state index >= 15 is 0 Å². The topological polar surface area (TPSA) is 57.6 Å². The molecule has 0 saturated heterocycles. The summed E-state index contributed by atoms with van der Waals surface area (Å²) >= 11 is 0.